The van der Waals surface area contributed by atoms with Gasteiger partial charge in [0.25, 0.3) is 0 Å². The lowest BCUT2D eigenvalue weighted by Gasteiger charge is -2.30. The lowest BCUT2D eigenvalue weighted by atomic mass is 9.96. The molecule has 0 N–H and O–H groups in total. The molecule has 3 rings (SSSR count). The van der Waals surface area contributed by atoms with Crippen LogP contribution in [0.3, 0.4) is 0 Å². The second-order valence-electron chi connectivity index (χ2n) is 6.12. The highest BCUT2D eigenvalue weighted by atomic mass is 16.5. The number of ether oxygens (including phenoxy) is 1. The van der Waals surface area contributed by atoms with E-state index < -0.39 is 0 Å². The minimum atomic E-state index is -0.0303. The first-order chi connectivity index (χ1) is 11.6. The van der Waals surface area contributed by atoms with E-state index in [1.807, 2.05) is 26.0 Å². The van der Waals surface area contributed by atoms with Crippen LogP contribution in [0, 0.1) is 18.3 Å². The molecule has 2 aromatic rings. The van der Waals surface area contributed by atoms with Gasteiger partial charge in [0.1, 0.15) is 11.9 Å². The third-order valence-electron chi connectivity index (χ3n) is 4.47. The highest BCUT2D eigenvalue weighted by Crippen LogP contribution is 2.32. The number of nitrogens with zero attached hydrogens (tertiary/aromatic N) is 3. The van der Waals surface area contributed by atoms with Crippen LogP contribution in [-0.4, -0.2) is 37.1 Å². The zero-order valence-electron chi connectivity index (χ0n) is 14.3. The zero-order valence-corrected chi connectivity index (χ0v) is 14.3. The molecule has 0 radical (unpaired) electrons. The third kappa shape index (κ3) is 2.74. The maximum Gasteiger partial charge on any atom is 0.162 e. The fourth-order valence-corrected chi connectivity index (χ4v) is 3.31. The molecule has 0 unspecified atom stereocenters. The topological polar surface area (TPSA) is 66.2 Å². The van der Waals surface area contributed by atoms with Crippen molar-refractivity contribution in [1.29, 1.82) is 5.26 Å². The zero-order chi connectivity index (χ0) is 17.3. The molecule has 0 spiro atoms. The second kappa shape index (κ2) is 6.58. The van der Waals surface area contributed by atoms with Gasteiger partial charge >= 0.3 is 0 Å². The Hall–Kier alpha value is -2.45. The number of aromatic nitrogens is 1. The third-order valence-corrected chi connectivity index (χ3v) is 4.47. The molecule has 124 valence electrons. The first-order valence-electron chi connectivity index (χ1n) is 8.27. The summed E-state index contributed by atoms with van der Waals surface area (Å²) in [6, 6.07) is 6.16. The van der Waals surface area contributed by atoms with Crippen molar-refractivity contribution in [3.8, 4) is 6.07 Å². The summed E-state index contributed by atoms with van der Waals surface area (Å²) >= 11 is 0. The summed E-state index contributed by atoms with van der Waals surface area (Å²) in [5.74, 6) is 0.786. The predicted molar refractivity (Wildman–Crippen MR) is 93.6 cm³/mol. The Labute approximate surface area is 141 Å². The van der Waals surface area contributed by atoms with Gasteiger partial charge in [-0.3, -0.25) is 4.79 Å². The summed E-state index contributed by atoms with van der Waals surface area (Å²) in [7, 11) is 0. The number of nitriles is 1. The minimum absolute atomic E-state index is 0.0303. The minimum Gasteiger partial charge on any atom is -0.378 e. The van der Waals surface area contributed by atoms with Crippen molar-refractivity contribution in [3.63, 3.8) is 0 Å². The summed E-state index contributed by atoms with van der Waals surface area (Å²) < 4.78 is 5.43. The Morgan fingerprint density at radius 3 is 2.67 bits per heavy atom. The molecule has 1 aromatic heterocycles. The van der Waals surface area contributed by atoms with Crippen LogP contribution in [0.4, 0.5) is 5.82 Å². The van der Waals surface area contributed by atoms with E-state index in [1.54, 1.807) is 6.92 Å². The monoisotopic (exact) mass is 323 g/mol. The van der Waals surface area contributed by atoms with Gasteiger partial charge < -0.3 is 9.64 Å². The molecule has 5 nitrogen and oxygen atoms in total. The van der Waals surface area contributed by atoms with Crippen molar-refractivity contribution in [3.05, 3.63) is 34.4 Å². The number of anilines is 1. The second-order valence-corrected chi connectivity index (χ2v) is 6.12. The average molecular weight is 323 g/mol. The van der Waals surface area contributed by atoms with Gasteiger partial charge in [-0.2, -0.15) is 5.26 Å². The van der Waals surface area contributed by atoms with E-state index in [2.05, 4.69) is 11.0 Å². The number of morpholine rings is 1. The number of pyridine rings is 1. The van der Waals surface area contributed by atoms with Gasteiger partial charge in [0.2, 0.25) is 0 Å². The molecular weight excluding hydrogens is 302 g/mol. The summed E-state index contributed by atoms with van der Waals surface area (Å²) in [5.41, 5.74) is 3.76. The maximum absolute atomic E-state index is 12.1. The van der Waals surface area contributed by atoms with Crippen molar-refractivity contribution in [2.24, 2.45) is 0 Å². The SMILES string of the molecule is CCc1c(N2CCOCC2)nc2c(C(C)=O)cc(C)cc2c1C#N. The van der Waals surface area contributed by atoms with Crippen molar-refractivity contribution in [1.82, 2.24) is 4.98 Å². The maximum atomic E-state index is 12.1. The summed E-state index contributed by atoms with van der Waals surface area (Å²) in [5, 5.41) is 10.6. The largest absolute Gasteiger partial charge is 0.378 e. The number of carbonyl (C=O) groups is 1. The van der Waals surface area contributed by atoms with Gasteiger partial charge in [0, 0.05) is 29.6 Å². The smallest absolute Gasteiger partial charge is 0.162 e. The molecule has 0 amide bonds. The summed E-state index contributed by atoms with van der Waals surface area (Å²) in [6.07, 6.45) is 0.724. The Bertz CT molecular complexity index is 846. The van der Waals surface area contributed by atoms with Crippen LogP contribution in [-0.2, 0) is 11.2 Å². The number of benzene rings is 1. The van der Waals surface area contributed by atoms with E-state index in [1.165, 1.54) is 0 Å². The van der Waals surface area contributed by atoms with Crippen LogP contribution in [0.1, 0.15) is 40.9 Å². The van der Waals surface area contributed by atoms with Crippen molar-refractivity contribution in [2.75, 3.05) is 31.2 Å². The van der Waals surface area contributed by atoms with Crippen LogP contribution < -0.4 is 4.90 Å². The van der Waals surface area contributed by atoms with Crippen LogP contribution in [0.15, 0.2) is 12.1 Å². The van der Waals surface area contributed by atoms with Crippen molar-refractivity contribution < 1.29 is 9.53 Å². The Morgan fingerprint density at radius 2 is 2.08 bits per heavy atom. The van der Waals surface area contributed by atoms with E-state index in [9.17, 15) is 10.1 Å². The average Bonchev–Trinajstić information content (AvgIpc) is 2.60. The van der Waals surface area contributed by atoms with Crippen LogP contribution in [0.25, 0.3) is 10.9 Å². The molecule has 1 aliphatic heterocycles. The standard InChI is InChI=1S/C19H21N3O2/c1-4-14-17(11-20)16-10-12(2)9-15(13(3)23)18(16)21-19(14)22-5-7-24-8-6-22/h9-10H,4-8H2,1-3H3. The molecule has 2 heterocycles. The van der Waals surface area contributed by atoms with Gasteiger partial charge in [-0.05, 0) is 38.0 Å². The molecule has 1 fully saturated rings. The molecule has 1 saturated heterocycles. The van der Waals surface area contributed by atoms with Crippen LogP contribution in [0.5, 0.6) is 0 Å². The van der Waals surface area contributed by atoms with E-state index in [4.69, 9.17) is 9.72 Å². The molecule has 1 aliphatic rings. The number of rotatable bonds is 3. The van der Waals surface area contributed by atoms with E-state index in [0.717, 1.165) is 41.8 Å². The number of aryl methyl sites for hydroxylation is 1. The van der Waals surface area contributed by atoms with Gasteiger partial charge in [0.15, 0.2) is 5.78 Å². The highest BCUT2D eigenvalue weighted by molar-refractivity contribution is 6.07. The highest BCUT2D eigenvalue weighted by Gasteiger charge is 2.22. The van der Waals surface area contributed by atoms with Crippen LogP contribution in [0.2, 0.25) is 0 Å². The number of fused-ring (bicyclic) bond motifs is 1. The number of ketones is 1. The van der Waals surface area contributed by atoms with Gasteiger partial charge in [-0.25, -0.2) is 4.98 Å². The van der Waals surface area contributed by atoms with Gasteiger partial charge in [0.05, 0.1) is 24.3 Å². The van der Waals surface area contributed by atoms with Gasteiger partial charge in [-0.1, -0.05) is 6.92 Å². The summed E-state index contributed by atoms with van der Waals surface area (Å²) in [6.45, 7) is 8.32. The first-order valence-corrected chi connectivity index (χ1v) is 8.27. The van der Waals surface area contributed by atoms with Crippen molar-refractivity contribution >= 4 is 22.5 Å². The molecule has 0 aliphatic carbocycles. The van der Waals surface area contributed by atoms with Crippen LogP contribution >= 0.6 is 0 Å². The fourth-order valence-electron chi connectivity index (χ4n) is 3.31. The van der Waals surface area contributed by atoms with E-state index >= 15 is 0 Å². The molecule has 0 atom stereocenters. The molecule has 0 bridgehead atoms. The summed E-state index contributed by atoms with van der Waals surface area (Å²) in [4.78, 5) is 19.1. The van der Waals surface area contributed by atoms with E-state index in [-0.39, 0.29) is 5.78 Å². The normalized spacial score (nSPS) is 14.7. The molecule has 24 heavy (non-hydrogen) atoms. The number of hydrogen-bond donors (Lipinski definition) is 0. The molecule has 0 saturated carbocycles. The predicted octanol–water partition coefficient (Wildman–Crippen LogP) is 3.02. The Kier molecular flexibility index (Phi) is 4.50. The molecular formula is C19H21N3O2. The number of Topliss-reactive ketones (excluding diaryl/α,β-unsaturated/α-hetero) is 1. The fraction of sp³-hybridized carbons (Fsp3) is 0.421. The van der Waals surface area contributed by atoms with Crippen molar-refractivity contribution in [2.45, 2.75) is 27.2 Å². The van der Waals surface area contributed by atoms with E-state index in [0.29, 0.717) is 29.9 Å². The Balaban J connectivity index is 2.36. The lowest BCUT2D eigenvalue weighted by Crippen LogP contribution is -2.37. The lowest BCUT2D eigenvalue weighted by molar-refractivity contribution is 0.101. The molecule has 5 heteroatoms. The number of carbonyl (C=O) groups excluding carboxylic acids is 1. The first kappa shape index (κ1) is 16.4. The number of hydrogen-bond acceptors (Lipinski definition) is 5. The molecule has 1 aromatic carbocycles. The Morgan fingerprint density at radius 1 is 1.38 bits per heavy atom. The quantitative estimate of drug-likeness (QED) is 0.812. The van der Waals surface area contributed by atoms with Gasteiger partial charge in [-0.15, -0.1) is 0 Å².